The minimum atomic E-state index is -0.989. The summed E-state index contributed by atoms with van der Waals surface area (Å²) in [7, 11) is 0. The Morgan fingerprint density at radius 2 is 1.90 bits per heavy atom. The van der Waals surface area contributed by atoms with Crippen molar-refractivity contribution in [1.29, 1.82) is 0 Å². The molecule has 152 valence electrons. The molecule has 2 heterocycles. The van der Waals surface area contributed by atoms with Gasteiger partial charge < -0.3 is 26.0 Å². The number of nitrogens with two attached hydrogens (primary N) is 2. The standard InChI is InChI=1S/C19H21FN6O3/c20-16-14(12-29-19(28)24-18(21)22)3-1-5-15(16)25-7-9-26(10-8-25)17(27)13-4-2-6-23-11-13/h1-6,11H,7-10,12H2,(H4,21,22,24,28). The number of nitrogens with zero attached hydrogens (tertiary/aromatic N) is 4. The fourth-order valence-electron chi connectivity index (χ4n) is 3.02. The van der Waals surface area contributed by atoms with Gasteiger partial charge in [0.05, 0.1) is 11.3 Å². The zero-order valence-corrected chi connectivity index (χ0v) is 15.6. The summed E-state index contributed by atoms with van der Waals surface area (Å²) in [5, 5.41) is 0. The summed E-state index contributed by atoms with van der Waals surface area (Å²) in [5.74, 6) is -1.02. The van der Waals surface area contributed by atoms with Crippen LogP contribution in [0.3, 0.4) is 0 Å². The summed E-state index contributed by atoms with van der Waals surface area (Å²) in [5.41, 5.74) is 11.3. The van der Waals surface area contributed by atoms with E-state index in [9.17, 15) is 14.0 Å². The number of piperazine rings is 1. The number of hydrogen-bond donors (Lipinski definition) is 2. The van der Waals surface area contributed by atoms with Crippen molar-refractivity contribution in [3.8, 4) is 0 Å². The first-order chi connectivity index (χ1) is 14.0. The monoisotopic (exact) mass is 400 g/mol. The van der Waals surface area contributed by atoms with Crippen molar-refractivity contribution in [3.63, 3.8) is 0 Å². The minimum Gasteiger partial charge on any atom is -0.443 e. The van der Waals surface area contributed by atoms with Gasteiger partial charge in [-0.15, -0.1) is 4.99 Å². The van der Waals surface area contributed by atoms with Gasteiger partial charge in [0, 0.05) is 44.1 Å². The highest BCUT2D eigenvalue weighted by Crippen LogP contribution is 2.24. The molecule has 1 saturated heterocycles. The molecule has 10 heteroatoms. The van der Waals surface area contributed by atoms with Gasteiger partial charge >= 0.3 is 6.09 Å². The third kappa shape index (κ3) is 4.98. The highest BCUT2D eigenvalue weighted by atomic mass is 19.1. The molecule has 1 aromatic carbocycles. The van der Waals surface area contributed by atoms with Crippen LogP contribution in [0.2, 0.25) is 0 Å². The Labute approximate surface area is 166 Å². The number of carbonyl (C=O) groups excluding carboxylic acids is 2. The van der Waals surface area contributed by atoms with Crippen LogP contribution in [0.1, 0.15) is 15.9 Å². The van der Waals surface area contributed by atoms with Gasteiger partial charge in [-0.3, -0.25) is 9.78 Å². The predicted molar refractivity (Wildman–Crippen MR) is 105 cm³/mol. The van der Waals surface area contributed by atoms with Gasteiger partial charge in [-0.05, 0) is 18.2 Å². The molecule has 4 N–H and O–H groups in total. The van der Waals surface area contributed by atoms with E-state index in [2.05, 4.69) is 9.98 Å². The topological polar surface area (TPSA) is 127 Å². The molecule has 3 rings (SSSR count). The molecule has 0 aliphatic carbocycles. The maximum atomic E-state index is 14.9. The first kappa shape index (κ1) is 20.1. The smallest absolute Gasteiger partial charge is 0.437 e. The van der Waals surface area contributed by atoms with E-state index < -0.39 is 17.9 Å². The van der Waals surface area contributed by atoms with E-state index in [1.54, 1.807) is 35.4 Å². The molecule has 1 aliphatic heterocycles. The summed E-state index contributed by atoms with van der Waals surface area (Å²) < 4.78 is 19.7. The zero-order chi connectivity index (χ0) is 20.8. The van der Waals surface area contributed by atoms with Crippen molar-refractivity contribution in [3.05, 3.63) is 59.7 Å². The average molecular weight is 400 g/mol. The Morgan fingerprint density at radius 1 is 1.14 bits per heavy atom. The number of aliphatic imine (C=N–C) groups is 1. The van der Waals surface area contributed by atoms with E-state index in [1.165, 1.54) is 12.3 Å². The van der Waals surface area contributed by atoms with Gasteiger partial charge in [-0.2, -0.15) is 0 Å². The molecule has 0 spiro atoms. The minimum absolute atomic E-state index is 0.0985. The summed E-state index contributed by atoms with van der Waals surface area (Å²) in [4.78, 5) is 34.7. The molecule has 1 fully saturated rings. The Bertz CT molecular complexity index is 909. The summed E-state index contributed by atoms with van der Waals surface area (Å²) in [6.07, 6.45) is 2.15. The number of pyridine rings is 1. The van der Waals surface area contributed by atoms with Gasteiger partial charge in [-0.25, -0.2) is 9.18 Å². The van der Waals surface area contributed by atoms with E-state index in [0.717, 1.165) is 0 Å². The molecule has 0 atom stereocenters. The number of ether oxygens (including phenoxy) is 1. The largest absolute Gasteiger partial charge is 0.443 e. The molecule has 0 unspecified atom stereocenters. The maximum absolute atomic E-state index is 14.9. The number of guanidine groups is 1. The third-order valence-corrected chi connectivity index (χ3v) is 4.45. The van der Waals surface area contributed by atoms with Crippen LogP contribution in [0.25, 0.3) is 0 Å². The lowest BCUT2D eigenvalue weighted by molar-refractivity contribution is 0.0746. The Hall–Kier alpha value is -3.69. The quantitative estimate of drug-likeness (QED) is 0.581. The van der Waals surface area contributed by atoms with E-state index in [0.29, 0.717) is 37.4 Å². The van der Waals surface area contributed by atoms with Gasteiger partial charge in [-0.1, -0.05) is 12.1 Å². The number of carbonyl (C=O) groups is 2. The molecule has 1 aliphatic rings. The van der Waals surface area contributed by atoms with Crippen molar-refractivity contribution >= 4 is 23.6 Å². The molecular formula is C19H21FN6O3. The van der Waals surface area contributed by atoms with E-state index in [1.807, 2.05) is 4.90 Å². The lowest BCUT2D eigenvalue weighted by Crippen LogP contribution is -2.49. The molecule has 0 radical (unpaired) electrons. The number of amides is 2. The van der Waals surface area contributed by atoms with Crippen molar-refractivity contribution < 1.29 is 18.7 Å². The summed E-state index contributed by atoms with van der Waals surface area (Å²) >= 11 is 0. The van der Waals surface area contributed by atoms with Crippen LogP contribution in [-0.2, 0) is 11.3 Å². The fourth-order valence-corrected chi connectivity index (χ4v) is 3.02. The lowest BCUT2D eigenvalue weighted by atomic mass is 10.1. The molecule has 9 nitrogen and oxygen atoms in total. The zero-order valence-electron chi connectivity index (χ0n) is 15.6. The fraction of sp³-hybridized carbons (Fsp3) is 0.263. The SMILES string of the molecule is NC(N)=NC(=O)OCc1cccc(N2CCN(C(=O)c3cccnc3)CC2)c1F. The second-order valence-corrected chi connectivity index (χ2v) is 6.36. The number of benzene rings is 1. The number of hydrogen-bond acceptors (Lipinski definition) is 5. The first-order valence-electron chi connectivity index (χ1n) is 8.93. The van der Waals surface area contributed by atoms with Crippen molar-refractivity contribution in [2.24, 2.45) is 16.5 Å². The van der Waals surface area contributed by atoms with Gasteiger partial charge in [0.1, 0.15) is 6.61 Å². The molecular weight excluding hydrogens is 379 g/mol. The average Bonchev–Trinajstić information content (AvgIpc) is 2.73. The molecule has 1 aromatic heterocycles. The Kier molecular flexibility index (Phi) is 6.22. The second kappa shape index (κ2) is 9.00. The maximum Gasteiger partial charge on any atom is 0.437 e. The Morgan fingerprint density at radius 3 is 2.55 bits per heavy atom. The van der Waals surface area contributed by atoms with Crippen LogP contribution in [-0.4, -0.2) is 54.0 Å². The number of aromatic nitrogens is 1. The van der Waals surface area contributed by atoms with Crippen LogP contribution in [0.4, 0.5) is 14.9 Å². The van der Waals surface area contributed by atoms with Crippen molar-refractivity contribution in [2.75, 3.05) is 31.1 Å². The first-order valence-corrected chi connectivity index (χ1v) is 8.93. The van der Waals surface area contributed by atoms with Crippen LogP contribution in [0, 0.1) is 5.82 Å². The Balaban J connectivity index is 1.63. The van der Waals surface area contributed by atoms with Crippen LogP contribution < -0.4 is 16.4 Å². The number of anilines is 1. The van der Waals surface area contributed by atoms with Gasteiger partial charge in [0.15, 0.2) is 11.8 Å². The molecule has 0 saturated carbocycles. The number of halogens is 1. The summed E-state index contributed by atoms with van der Waals surface area (Å²) in [6, 6.07) is 8.27. The summed E-state index contributed by atoms with van der Waals surface area (Å²) in [6.45, 7) is 1.56. The lowest BCUT2D eigenvalue weighted by Gasteiger charge is -2.36. The predicted octanol–water partition coefficient (Wildman–Crippen LogP) is 1.09. The molecule has 2 aromatic rings. The molecule has 0 bridgehead atoms. The van der Waals surface area contributed by atoms with Crippen LogP contribution >= 0.6 is 0 Å². The van der Waals surface area contributed by atoms with Gasteiger partial charge in [0.2, 0.25) is 0 Å². The van der Waals surface area contributed by atoms with Crippen molar-refractivity contribution in [1.82, 2.24) is 9.88 Å². The van der Waals surface area contributed by atoms with E-state index >= 15 is 0 Å². The molecule has 2 amide bonds. The van der Waals surface area contributed by atoms with Crippen LogP contribution in [0.5, 0.6) is 0 Å². The highest BCUT2D eigenvalue weighted by Gasteiger charge is 2.24. The molecule has 29 heavy (non-hydrogen) atoms. The number of rotatable bonds is 4. The van der Waals surface area contributed by atoms with E-state index in [-0.39, 0.29) is 18.1 Å². The third-order valence-electron chi connectivity index (χ3n) is 4.45. The van der Waals surface area contributed by atoms with Crippen molar-refractivity contribution in [2.45, 2.75) is 6.61 Å². The van der Waals surface area contributed by atoms with Crippen LogP contribution in [0.15, 0.2) is 47.7 Å². The van der Waals surface area contributed by atoms with E-state index in [4.69, 9.17) is 16.2 Å². The highest BCUT2D eigenvalue weighted by molar-refractivity contribution is 5.94. The second-order valence-electron chi connectivity index (χ2n) is 6.36. The van der Waals surface area contributed by atoms with Gasteiger partial charge in [0.25, 0.3) is 5.91 Å². The normalized spacial score (nSPS) is 13.7.